The summed E-state index contributed by atoms with van der Waals surface area (Å²) in [5.74, 6) is -0.729. The SMILES string of the molecule is CCCCCCCCC(CCCOCC1CO1)C(OC)(OC)OC. The second-order valence-corrected chi connectivity index (χ2v) is 6.64. The molecule has 0 bridgehead atoms. The van der Waals surface area contributed by atoms with E-state index in [-0.39, 0.29) is 5.92 Å². The summed E-state index contributed by atoms with van der Waals surface area (Å²) >= 11 is 0. The van der Waals surface area contributed by atoms with Crippen molar-refractivity contribution in [2.24, 2.45) is 5.92 Å². The van der Waals surface area contributed by atoms with Crippen LogP contribution in [0.4, 0.5) is 0 Å². The first-order valence-corrected chi connectivity index (χ1v) is 9.57. The maximum Gasteiger partial charge on any atom is 0.285 e. The first-order valence-electron chi connectivity index (χ1n) is 9.57. The van der Waals surface area contributed by atoms with Crippen LogP contribution in [-0.2, 0) is 23.7 Å². The lowest BCUT2D eigenvalue weighted by atomic mass is 9.93. The average molecular weight is 347 g/mol. The van der Waals surface area contributed by atoms with Crippen LogP contribution >= 0.6 is 0 Å². The maximum absolute atomic E-state index is 5.64. The van der Waals surface area contributed by atoms with E-state index in [1.165, 1.54) is 38.5 Å². The highest BCUT2D eigenvalue weighted by atomic mass is 16.9. The minimum absolute atomic E-state index is 0.212. The molecule has 1 saturated heterocycles. The summed E-state index contributed by atoms with van der Waals surface area (Å²) in [7, 11) is 4.96. The van der Waals surface area contributed by atoms with Crippen molar-refractivity contribution in [3.05, 3.63) is 0 Å². The van der Waals surface area contributed by atoms with E-state index >= 15 is 0 Å². The number of ether oxygens (including phenoxy) is 5. The molecule has 24 heavy (non-hydrogen) atoms. The van der Waals surface area contributed by atoms with Crippen molar-refractivity contribution in [2.45, 2.75) is 76.8 Å². The highest BCUT2D eigenvalue weighted by Crippen LogP contribution is 2.32. The van der Waals surface area contributed by atoms with E-state index in [9.17, 15) is 0 Å². The summed E-state index contributed by atoms with van der Waals surface area (Å²) in [6.45, 7) is 4.56. The van der Waals surface area contributed by atoms with Gasteiger partial charge in [-0.15, -0.1) is 0 Å². The Bertz CT molecular complexity index is 281. The molecule has 0 aromatic carbocycles. The summed E-state index contributed by atoms with van der Waals surface area (Å²) < 4.78 is 27.6. The molecule has 0 aromatic rings. The molecule has 5 nitrogen and oxygen atoms in total. The standard InChI is InChI=1S/C19H38O5/c1-5-6-7-8-9-10-12-17(19(20-2,21-3)22-4)13-11-14-23-15-18-16-24-18/h17-18H,5-16H2,1-4H3. The van der Waals surface area contributed by atoms with Gasteiger partial charge in [0.15, 0.2) is 0 Å². The minimum Gasteiger partial charge on any atom is -0.379 e. The van der Waals surface area contributed by atoms with Gasteiger partial charge in [-0.3, -0.25) is 0 Å². The van der Waals surface area contributed by atoms with Gasteiger partial charge in [0, 0.05) is 33.9 Å². The summed E-state index contributed by atoms with van der Waals surface area (Å²) in [6, 6.07) is 0. The van der Waals surface area contributed by atoms with Crippen LogP contribution in [0.3, 0.4) is 0 Å². The number of methoxy groups -OCH3 is 3. The predicted molar refractivity (Wildman–Crippen MR) is 95.0 cm³/mol. The monoisotopic (exact) mass is 346 g/mol. The topological polar surface area (TPSA) is 49.5 Å². The van der Waals surface area contributed by atoms with Crippen LogP contribution in [0.25, 0.3) is 0 Å². The van der Waals surface area contributed by atoms with Crippen molar-refractivity contribution in [1.29, 1.82) is 0 Å². The molecule has 144 valence electrons. The largest absolute Gasteiger partial charge is 0.379 e. The molecule has 0 amide bonds. The van der Waals surface area contributed by atoms with Gasteiger partial charge < -0.3 is 23.7 Å². The molecule has 0 spiro atoms. The molecule has 0 aliphatic carbocycles. The molecule has 2 atom stereocenters. The van der Waals surface area contributed by atoms with Gasteiger partial charge in [0.1, 0.15) is 6.10 Å². The lowest BCUT2D eigenvalue weighted by molar-refractivity contribution is -0.380. The Morgan fingerprint density at radius 2 is 1.50 bits per heavy atom. The second-order valence-electron chi connectivity index (χ2n) is 6.64. The van der Waals surface area contributed by atoms with Gasteiger partial charge in [0.2, 0.25) is 0 Å². The summed E-state index contributed by atoms with van der Waals surface area (Å²) in [5, 5.41) is 0. The van der Waals surface area contributed by atoms with Gasteiger partial charge in [-0.05, 0) is 19.3 Å². The molecule has 2 unspecified atom stereocenters. The molecule has 0 radical (unpaired) electrons. The first kappa shape index (κ1) is 21.8. The molecule has 1 aliphatic rings. The van der Waals surface area contributed by atoms with Crippen molar-refractivity contribution < 1.29 is 23.7 Å². The fourth-order valence-corrected chi connectivity index (χ4v) is 3.23. The smallest absolute Gasteiger partial charge is 0.285 e. The third-order valence-electron chi connectivity index (χ3n) is 4.81. The highest BCUT2D eigenvalue weighted by Gasteiger charge is 2.39. The van der Waals surface area contributed by atoms with Crippen LogP contribution in [0, 0.1) is 5.92 Å². The van der Waals surface area contributed by atoms with Crippen LogP contribution in [0.5, 0.6) is 0 Å². The third kappa shape index (κ3) is 8.26. The molecule has 1 rings (SSSR count). The Kier molecular flexibility index (Phi) is 11.9. The molecular formula is C19H38O5. The molecule has 1 fully saturated rings. The minimum atomic E-state index is -0.941. The van der Waals surface area contributed by atoms with E-state index in [2.05, 4.69) is 6.92 Å². The number of hydrogen-bond donors (Lipinski definition) is 0. The van der Waals surface area contributed by atoms with E-state index in [0.717, 1.165) is 32.5 Å². The zero-order valence-corrected chi connectivity index (χ0v) is 16.2. The van der Waals surface area contributed by atoms with Crippen LogP contribution in [0.1, 0.15) is 64.7 Å². The predicted octanol–water partition coefficient (Wildman–Crippen LogP) is 4.14. The molecule has 0 aromatic heterocycles. The first-order chi connectivity index (χ1) is 11.7. The van der Waals surface area contributed by atoms with Gasteiger partial charge in [-0.2, -0.15) is 0 Å². The molecule has 1 heterocycles. The Morgan fingerprint density at radius 3 is 2.08 bits per heavy atom. The van der Waals surface area contributed by atoms with Crippen LogP contribution in [0.2, 0.25) is 0 Å². The van der Waals surface area contributed by atoms with Crippen molar-refractivity contribution in [2.75, 3.05) is 41.2 Å². The van der Waals surface area contributed by atoms with E-state index in [1.807, 2.05) is 0 Å². The van der Waals surface area contributed by atoms with E-state index in [4.69, 9.17) is 23.7 Å². The van der Waals surface area contributed by atoms with Gasteiger partial charge in [-0.1, -0.05) is 45.4 Å². The second kappa shape index (κ2) is 13.1. The van der Waals surface area contributed by atoms with E-state index in [0.29, 0.717) is 12.7 Å². The van der Waals surface area contributed by atoms with Gasteiger partial charge in [0.25, 0.3) is 5.97 Å². The van der Waals surface area contributed by atoms with E-state index in [1.54, 1.807) is 21.3 Å². The number of rotatable bonds is 17. The third-order valence-corrected chi connectivity index (χ3v) is 4.81. The maximum atomic E-state index is 5.64. The zero-order valence-electron chi connectivity index (χ0n) is 16.2. The summed E-state index contributed by atoms with van der Waals surface area (Å²) in [6.07, 6.45) is 11.0. The van der Waals surface area contributed by atoms with Crippen LogP contribution in [0.15, 0.2) is 0 Å². The molecule has 1 aliphatic heterocycles. The lowest BCUT2D eigenvalue weighted by Gasteiger charge is -2.36. The van der Waals surface area contributed by atoms with Crippen molar-refractivity contribution >= 4 is 0 Å². The van der Waals surface area contributed by atoms with Gasteiger partial charge in [0.05, 0.1) is 13.2 Å². The Labute approximate surface area is 148 Å². The fraction of sp³-hybridized carbons (Fsp3) is 1.00. The molecular weight excluding hydrogens is 308 g/mol. The van der Waals surface area contributed by atoms with Crippen LogP contribution in [-0.4, -0.2) is 53.2 Å². The summed E-state index contributed by atoms with van der Waals surface area (Å²) in [5.41, 5.74) is 0. The fourth-order valence-electron chi connectivity index (χ4n) is 3.23. The van der Waals surface area contributed by atoms with Crippen molar-refractivity contribution in [3.63, 3.8) is 0 Å². The van der Waals surface area contributed by atoms with Gasteiger partial charge >= 0.3 is 0 Å². The average Bonchev–Trinajstić information content (AvgIpc) is 3.43. The normalized spacial score (nSPS) is 18.8. The van der Waals surface area contributed by atoms with Gasteiger partial charge in [-0.25, -0.2) is 0 Å². The highest BCUT2D eigenvalue weighted by molar-refractivity contribution is 4.72. The molecule has 0 N–H and O–H groups in total. The number of epoxide rings is 1. The zero-order chi connectivity index (χ0) is 17.7. The van der Waals surface area contributed by atoms with Crippen molar-refractivity contribution in [1.82, 2.24) is 0 Å². The Balaban J connectivity index is 2.32. The quantitative estimate of drug-likeness (QED) is 0.225. The molecule has 0 saturated carbocycles. The lowest BCUT2D eigenvalue weighted by Crippen LogP contribution is -2.44. The molecule has 5 heteroatoms. The summed E-state index contributed by atoms with van der Waals surface area (Å²) in [4.78, 5) is 0. The Hall–Kier alpha value is -0.200. The number of hydrogen-bond acceptors (Lipinski definition) is 5. The van der Waals surface area contributed by atoms with Crippen LogP contribution < -0.4 is 0 Å². The van der Waals surface area contributed by atoms with Crippen molar-refractivity contribution in [3.8, 4) is 0 Å². The Morgan fingerprint density at radius 1 is 0.917 bits per heavy atom. The number of unbranched alkanes of at least 4 members (excludes halogenated alkanes) is 5. The van der Waals surface area contributed by atoms with E-state index < -0.39 is 5.97 Å².